The lowest BCUT2D eigenvalue weighted by Gasteiger charge is -2.18. The van der Waals surface area contributed by atoms with E-state index in [1.165, 1.54) is 12.1 Å². The van der Waals surface area contributed by atoms with E-state index in [2.05, 4.69) is 62.1 Å². The molecule has 2 nitrogen and oxygen atoms in total. The highest BCUT2D eigenvalue weighted by molar-refractivity contribution is 9.11. The van der Waals surface area contributed by atoms with Gasteiger partial charge in [0.15, 0.2) is 0 Å². The van der Waals surface area contributed by atoms with Crippen LogP contribution in [0, 0.1) is 0 Å². The Morgan fingerprint density at radius 3 is 2.88 bits per heavy atom. The van der Waals surface area contributed by atoms with E-state index in [1.807, 2.05) is 6.20 Å². The molecule has 3 atom stereocenters. The van der Waals surface area contributed by atoms with E-state index in [0.29, 0.717) is 18.0 Å². The molecular formula is C12H16Br2N2. The first kappa shape index (κ1) is 12.5. The van der Waals surface area contributed by atoms with Crippen LogP contribution >= 0.6 is 31.9 Å². The summed E-state index contributed by atoms with van der Waals surface area (Å²) in [6, 6.07) is 3.23. The van der Waals surface area contributed by atoms with Gasteiger partial charge >= 0.3 is 0 Å². The molecule has 0 bridgehead atoms. The van der Waals surface area contributed by atoms with Crippen molar-refractivity contribution in [2.75, 3.05) is 0 Å². The zero-order valence-corrected chi connectivity index (χ0v) is 12.7. The lowest BCUT2D eigenvalue weighted by Crippen LogP contribution is -2.28. The fourth-order valence-electron chi connectivity index (χ4n) is 2.50. The Morgan fingerprint density at radius 1 is 1.50 bits per heavy atom. The molecule has 1 aliphatic rings. The predicted molar refractivity (Wildman–Crippen MR) is 73.7 cm³/mol. The average molecular weight is 348 g/mol. The van der Waals surface area contributed by atoms with Gasteiger partial charge in [-0.05, 0) is 57.7 Å². The molecule has 1 saturated heterocycles. The first-order valence-corrected chi connectivity index (χ1v) is 7.27. The summed E-state index contributed by atoms with van der Waals surface area (Å²) in [7, 11) is 0. The van der Waals surface area contributed by atoms with Crippen molar-refractivity contribution in [3.05, 3.63) is 26.9 Å². The molecule has 88 valence electrons. The largest absolute Gasteiger partial charge is 0.311 e. The highest BCUT2D eigenvalue weighted by Crippen LogP contribution is 2.35. The summed E-state index contributed by atoms with van der Waals surface area (Å²) in [5, 5.41) is 3.62. The molecule has 1 N–H and O–H groups in total. The molecule has 2 rings (SSSR count). The minimum atomic E-state index is 0.530. The van der Waals surface area contributed by atoms with E-state index in [1.54, 1.807) is 0 Å². The SMILES string of the molecule is CCC1NC(C)CC1c1ncc(Br)cc1Br. The van der Waals surface area contributed by atoms with Crippen LogP contribution in [-0.2, 0) is 0 Å². The molecule has 0 radical (unpaired) electrons. The lowest BCUT2D eigenvalue weighted by atomic mass is 9.93. The van der Waals surface area contributed by atoms with E-state index < -0.39 is 0 Å². The second-order valence-electron chi connectivity index (χ2n) is 4.45. The quantitative estimate of drug-likeness (QED) is 0.878. The number of hydrogen-bond acceptors (Lipinski definition) is 2. The third kappa shape index (κ3) is 2.49. The van der Waals surface area contributed by atoms with Crippen LogP contribution in [0.25, 0.3) is 0 Å². The smallest absolute Gasteiger partial charge is 0.0593 e. The van der Waals surface area contributed by atoms with Gasteiger partial charge in [-0.15, -0.1) is 0 Å². The molecule has 16 heavy (non-hydrogen) atoms. The summed E-state index contributed by atoms with van der Waals surface area (Å²) in [5.41, 5.74) is 1.19. The van der Waals surface area contributed by atoms with Gasteiger partial charge in [-0.25, -0.2) is 0 Å². The molecule has 3 unspecified atom stereocenters. The Hall–Kier alpha value is 0.0700. The first-order valence-electron chi connectivity index (χ1n) is 5.68. The normalized spacial score (nSPS) is 29.6. The third-order valence-electron chi connectivity index (χ3n) is 3.22. The molecule has 1 aromatic rings. The summed E-state index contributed by atoms with van der Waals surface area (Å²) in [6.45, 7) is 4.48. The fraction of sp³-hybridized carbons (Fsp3) is 0.583. The Morgan fingerprint density at radius 2 is 2.25 bits per heavy atom. The Bertz CT molecular complexity index is 381. The predicted octanol–water partition coefficient (Wildman–Crippen LogP) is 3.85. The van der Waals surface area contributed by atoms with Crippen LogP contribution in [0.15, 0.2) is 21.2 Å². The van der Waals surface area contributed by atoms with Crippen molar-refractivity contribution in [2.45, 2.75) is 44.7 Å². The van der Waals surface area contributed by atoms with Gasteiger partial charge in [0, 0.05) is 33.1 Å². The lowest BCUT2D eigenvalue weighted by molar-refractivity contribution is 0.510. The summed E-state index contributed by atoms with van der Waals surface area (Å²) < 4.78 is 2.14. The average Bonchev–Trinajstić information content (AvgIpc) is 2.59. The Labute approximate surface area is 113 Å². The topological polar surface area (TPSA) is 24.9 Å². The van der Waals surface area contributed by atoms with Gasteiger partial charge in [0.25, 0.3) is 0 Å². The van der Waals surface area contributed by atoms with Crippen molar-refractivity contribution < 1.29 is 0 Å². The van der Waals surface area contributed by atoms with E-state index in [9.17, 15) is 0 Å². The maximum atomic E-state index is 4.56. The summed E-state index contributed by atoms with van der Waals surface area (Å²) in [6.07, 6.45) is 4.21. The molecular weight excluding hydrogens is 332 g/mol. The minimum absolute atomic E-state index is 0.530. The molecule has 0 spiro atoms. The van der Waals surface area contributed by atoms with Crippen LogP contribution in [0.3, 0.4) is 0 Å². The molecule has 1 aromatic heterocycles. The van der Waals surface area contributed by atoms with E-state index in [4.69, 9.17) is 0 Å². The van der Waals surface area contributed by atoms with Crippen molar-refractivity contribution in [3.63, 3.8) is 0 Å². The number of nitrogens with one attached hydrogen (secondary N) is 1. The minimum Gasteiger partial charge on any atom is -0.311 e. The second kappa shape index (κ2) is 5.15. The summed E-state index contributed by atoms with van der Waals surface area (Å²) >= 11 is 7.05. The molecule has 1 aliphatic heterocycles. The van der Waals surface area contributed by atoms with E-state index in [-0.39, 0.29) is 0 Å². The van der Waals surface area contributed by atoms with Crippen LogP contribution in [-0.4, -0.2) is 17.1 Å². The van der Waals surface area contributed by atoms with Crippen LogP contribution in [0.5, 0.6) is 0 Å². The van der Waals surface area contributed by atoms with Crippen molar-refractivity contribution >= 4 is 31.9 Å². The Kier molecular flexibility index (Phi) is 4.03. The second-order valence-corrected chi connectivity index (χ2v) is 6.22. The van der Waals surface area contributed by atoms with Crippen molar-refractivity contribution in [1.29, 1.82) is 0 Å². The number of rotatable bonds is 2. The van der Waals surface area contributed by atoms with Gasteiger partial charge < -0.3 is 5.32 Å². The van der Waals surface area contributed by atoms with Crippen LogP contribution in [0.2, 0.25) is 0 Å². The number of halogens is 2. The van der Waals surface area contributed by atoms with E-state index in [0.717, 1.165) is 15.4 Å². The maximum absolute atomic E-state index is 4.56. The van der Waals surface area contributed by atoms with Gasteiger partial charge in [-0.3, -0.25) is 4.98 Å². The van der Waals surface area contributed by atoms with Gasteiger partial charge in [-0.1, -0.05) is 6.92 Å². The Balaban J connectivity index is 2.29. The first-order chi connectivity index (χ1) is 7.61. The number of aromatic nitrogens is 1. The fourth-order valence-corrected chi connectivity index (χ4v) is 3.78. The highest BCUT2D eigenvalue weighted by atomic mass is 79.9. The molecule has 0 saturated carbocycles. The number of pyridine rings is 1. The van der Waals surface area contributed by atoms with E-state index >= 15 is 0 Å². The zero-order valence-electron chi connectivity index (χ0n) is 9.50. The maximum Gasteiger partial charge on any atom is 0.0593 e. The molecule has 0 aromatic carbocycles. The highest BCUT2D eigenvalue weighted by Gasteiger charge is 2.33. The number of hydrogen-bond donors (Lipinski definition) is 1. The molecule has 4 heteroatoms. The third-order valence-corrected chi connectivity index (χ3v) is 4.29. The van der Waals surface area contributed by atoms with Gasteiger partial charge in [0.1, 0.15) is 0 Å². The van der Waals surface area contributed by atoms with Gasteiger partial charge in [0.2, 0.25) is 0 Å². The molecule has 0 aliphatic carbocycles. The van der Waals surface area contributed by atoms with Gasteiger partial charge in [-0.2, -0.15) is 0 Å². The summed E-state index contributed by atoms with van der Waals surface area (Å²) in [4.78, 5) is 4.56. The zero-order chi connectivity index (χ0) is 11.7. The molecule has 0 amide bonds. The standard InChI is InChI=1S/C12H16Br2N2/c1-3-11-9(4-7(2)16-11)12-10(14)5-8(13)6-15-12/h5-7,9,11,16H,3-4H2,1-2H3. The summed E-state index contributed by atoms with van der Waals surface area (Å²) in [5.74, 6) is 0.530. The number of nitrogens with zero attached hydrogens (tertiary/aromatic N) is 1. The monoisotopic (exact) mass is 346 g/mol. The van der Waals surface area contributed by atoms with Gasteiger partial charge in [0.05, 0.1) is 5.69 Å². The van der Waals surface area contributed by atoms with Crippen molar-refractivity contribution in [3.8, 4) is 0 Å². The van der Waals surface area contributed by atoms with Crippen LogP contribution in [0.1, 0.15) is 38.3 Å². The molecule has 1 fully saturated rings. The molecule has 2 heterocycles. The van der Waals surface area contributed by atoms with Crippen LogP contribution in [0.4, 0.5) is 0 Å². The van der Waals surface area contributed by atoms with Crippen molar-refractivity contribution in [2.24, 2.45) is 0 Å². The van der Waals surface area contributed by atoms with Crippen LogP contribution < -0.4 is 5.32 Å². The van der Waals surface area contributed by atoms with Crippen molar-refractivity contribution in [1.82, 2.24) is 10.3 Å².